The van der Waals surface area contributed by atoms with Gasteiger partial charge in [0, 0.05) is 38.6 Å². The Kier molecular flexibility index (Phi) is 7.62. The summed E-state index contributed by atoms with van der Waals surface area (Å²) < 4.78 is 110. The van der Waals surface area contributed by atoms with Crippen LogP contribution in [0.1, 0.15) is 11.3 Å². The number of rotatable bonds is 8. The van der Waals surface area contributed by atoms with Crippen LogP contribution in [-0.4, -0.2) is 87.8 Å². The highest BCUT2D eigenvalue weighted by molar-refractivity contribution is 7.89. The summed E-state index contributed by atoms with van der Waals surface area (Å²) in [5.41, 5.74) is -3.54. The van der Waals surface area contributed by atoms with Gasteiger partial charge in [0.25, 0.3) is 5.56 Å². The van der Waals surface area contributed by atoms with Crippen molar-refractivity contribution in [3.63, 3.8) is 0 Å². The van der Waals surface area contributed by atoms with Gasteiger partial charge < -0.3 is 9.64 Å². The van der Waals surface area contributed by atoms with Crippen molar-refractivity contribution in [3.8, 4) is 0 Å². The minimum atomic E-state index is -4.87. The molecule has 12 nitrogen and oxygen atoms in total. The second-order valence-corrected chi connectivity index (χ2v) is 10.2. The van der Waals surface area contributed by atoms with Crippen LogP contribution in [0, 0.1) is 0 Å². The van der Waals surface area contributed by atoms with Gasteiger partial charge in [-0.2, -0.15) is 40.8 Å². The standard InChI is InChI=1S/C19H20F6N8O4S/c20-18(21,22)12-9-26-17(27-10-12)31-1-3-32(4-2-31)38(35,36)8-7-37-6-5-33-13-11-28-29-16(34)14(13)15(30-33)19(23,24)25/h9-11H,1-8H2,(H,29,34). The van der Waals surface area contributed by atoms with Gasteiger partial charge in [-0.1, -0.05) is 0 Å². The molecule has 19 heteroatoms. The summed E-state index contributed by atoms with van der Waals surface area (Å²) in [6.07, 6.45) is -7.09. The molecule has 1 aliphatic rings. The number of nitrogens with one attached hydrogen (secondary N) is 1. The lowest BCUT2D eigenvalue weighted by molar-refractivity contribution is -0.140. The lowest BCUT2D eigenvalue weighted by atomic mass is 10.2. The number of alkyl halides is 6. The molecule has 1 saturated heterocycles. The Morgan fingerprint density at radius 1 is 0.947 bits per heavy atom. The van der Waals surface area contributed by atoms with Crippen molar-refractivity contribution in [3.05, 3.63) is 40.2 Å². The molecule has 0 bridgehead atoms. The summed E-state index contributed by atoms with van der Waals surface area (Å²) in [7, 11) is -3.75. The summed E-state index contributed by atoms with van der Waals surface area (Å²) in [4.78, 5) is 20.8. The first-order chi connectivity index (χ1) is 17.8. The van der Waals surface area contributed by atoms with E-state index in [1.165, 1.54) is 4.31 Å². The lowest BCUT2D eigenvalue weighted by Crippen LogP contribution is -2.50. The van der Waals surface area contributed by atoms with Crippen molar-refractivity contribution in [2.45, 2.75) is 18.9 Å². The number of hydrogen-bond acceptors (Lipinski definition) is 9. The summed E-state index contributed by atoms with van der Waals surface area (Å²) >= 11 is 0. The fourth-order valence-electron chi connectivity index (χ4n) is 3.75. The molecule has 1 N–H and O–H groups in total. The minimum Gasteiger partial charge on any atom is -0.378 e. The van der Waals surface area contributed by atoms with E-state index in [9.17, 15) is 39.6 Å². The van der Waals surface area contributed by atoms with Crippen LogP contribution in [0.5, 0.6) is 0 Å². The molecular formula is C19H20F6N8O4S. The number of piperazine rings is 1. The zero-order valence-corrected chi connectivity index (χ0v) is 20.1. The summed E-state index contributed by atoms with van der Waals surface area (Å²) in [6.45, 7) is -0.214. The SMILES string of the molecule is O=c1[nH]ncc2c1c(C(F)(F)F)nn2CCOCCS(=O)(=O)N1CCN(c2ncc(C(F)(F)F)cn2)CC1. The Morgan fingerprint density at radius 2 is 1.61 bits per heavy atom. The zero-order chi connectivity index (χ0) is 27.7. The molecule has 0 unspecified atom stereocenters. The van der Waals surface area contributed by atoms with Gasteiger partial charge in [-0.15, -0.1) is 0 Å². The Morgan fingerprint density at radius 3 is 2.21 bits per heavy atom. The van der Waals surface area contributed by atoms with Crippen LogP contribution in [-0.2, 0) is 33.7 Å². The van der Waals surface area contributed by atoms with Gasteiger partial charge in [-0.25, -0.2) is 23.5 Å². The average Bonchev–Trinajstić information content (AvgIpc) is 3.24. The average molecular weight is 570 g/mol. The van der Waals surface area contributed by atoms with Crippen LogP contribution in [0.4, 0.5) is 32.3 Å². The molecule has 0 aliphatic carbocycles. The molecular weight excluding hydrogens is 550 g/mol. The van der Waals surface area contributed by atoms with Crippen molar-refractivity contribution >= 4 is 26.9 Å². The van der Waals surface area contributed by atoms with Crippen LogP contribution in [0.2, 0.25) is 0 Å². The lowest BCUT2D eigenvalue weighted by Gasteiger charge is -2.34. The van der Waals surface area contributed by atoms with Gasteiger partial charge in [-0.3, -0.25) is 9.48 Å². The molecule has 0 spiro atoms. The largest absolute Gasteiger partial charge is 0.435 e. The summed E-state index contributed by atoms with van der Waals surface area (Å²) in [6, 6.07) is 0. The quantitative estimate of drug-likeness (QED) is 0.312. The highest BCUT2D eigenvalue weighted by Crippen LogP contribution is 2.32. The van der Waals surface area contributed by atoms with Crippen LogP contribution in [0.25, 0.3) is 10.9 Å². The van der Waals surface area contributed by atoms with E-state index in [1.807, 2.05) is 5.10 Å². The zero-order valence-electron chi connectivity index (χ0n) is 19.3. The Labute approximate surface area is 210 Å². The number of aromatic nitrogens is 6. The predicted octanol–water partition coefficient (Wildman–Crippen LogP) is 1.12. The minimum absolute atomic E-state index is 0.0494. The summed E-state index contributed by atoms with van der Waals surface area (Å²) in [5.74, 6) is -0.353. The molecule has 3 aromatic heterocycles. The molecule has 1 fully saturated rings. The predicted molar refractivity (Wildman–Crippen MR) is 119 cm³/mol. The van der Waals surface area contributed by atoms with Crippen molar-refractivity contribution in [2.24, 2.45) is 0 Å². The van der Waals surface area contributed by atoms with Gasteiger partial charge in [0.15, 0.2) is 5.69 Å². The Balaban J connectivity index is 1.27. The van der Waals surface area contributed by atoms with Gasteiger partial charge in [0.2, 0.25) is 16.0 Å². The maximum Gasteiger partial charge on any atom is 0.435 e. The smallest absolute Gasteiger partial charge is 0.378 e. The molecule has 38 heavy (non-hydrogen) atoms. The molecule has 0 radical (unpaired) electrons. The van der Waals surface area contributed by atoms with E-state index in [-0.39, 0.29) is 57.4 Å². The van der Waals surface area contributed by atoms with Crippen molar-refractivity contribution in [2.75, 3.05) is 50.0 Å². The number of H-pyrrole nitrogens is 1. The second-order valence-electron chi connectivity index (χ2n) is 8.11. The number of fused-ring (bicyclic) bond motifs is 1. The number of ether oxygens (including phenoxy) is 1. The monoisotopic (exact) mass is 570 g/mol. The molecule has 0 amide bonds. The van der Waals surface area contributed by atoms with E-state index in [0.717, 1.165) is 10.9 Å². The molecule has 4 heterocycles. The molecule has 1 aliphatic heterocycles. The number of halogens is 6. The van der Waals surface area contributed by atoms with E-state index in [1.54, 1.807) is 4.90 Å². The first-order valence-electron chi connectivity index (χ1n) is 11.0. The van der Waals surface area contributed by atoms with Gasteiger partial charge in [-0.05, 0) is 0 Å². The van der Waals surface area contributed by atoms with Gasteiger partial charge in [0.1, 0.15) is 5.39 Å². The summed E-state index contributed by atoms with van der Waals surface area (Å²) in [5, 5.41) is 8.21. The van der Waals surface area contributed by atoms with Crippen molar-refractivity contribution in [1.82, 2.24) is 34.3 Å². The molecule has 4 rings (SSSR count). The first-order valence-corrected chi connectivity index (χ1v) is 12.6. The van der Waals surface area contributed by atoms with Crippen LogP contribution in [0.15, 0.2) is 23.4 Å². The Bertz CT molecular complexity index is 1430. The third kappa shape index (κ3) is 6.04. The van der Waals surface area contributed by atoms with E-state index in [0.29, 0.717) is 12.4 Å². The molecule has 208 valence electrons. The number of hydrogen-bond donors (Lipinski definition) is 1. The highest BCUT2D eigenvalue weighted by atomic mass is 32.2. The number of sulfonamides is 1. The molecule has 0 saturated carbocycles. The van der Waals surface area contributed by atoms with Crippen LogP contribution < -0.4 is 10.5 Å². The van der Waals surface area contributed by atoms with Crippen LogP contribution in [0.3, 0.4) is 0 Å². The van der Waals surface area contributed by atoms with Crippen molar-refractivity contribution < 1.29 is 39.5 Å². The molecule has 3 aromatic rings. The van der Waals surface area contributed by atoms with Gasteiger partial charge >= 0.3 is 12.4 Å². The molecule has 0 atom stereocenters. The normalized spacial score (nSPS) is 15.9. The molecule has 0 aromatic carbocycles. The first kappa shape index (κ1) is 27.7. The van der Waals surface area contributed by atoms with E-state index in [2.05, 4.69) is 20.2 Å². The van der Waals surface area contributed by atoms with E-state index in [4.69, 9.17) is 4.74 Å². The topological polar surface area (TPSA) is 139 Å². The third-order valence-corrected chi connectivity index (χ3v) is 7.49. The highest BCUT2D eigenvalue weighted by Gasteiger charge is 2.38. The fraction of sp³-hybridized carbons (Fsp3) is 0.526. The number of nitrogens with zero attached hydrogens (tertiary/aromatic N) is 7. The third-order valence-electron chi connectivity index (χ3n) is 5.65. The maximum atomic E-state index is 13.2. The maximum absolute atomic E-state index is 13.2. The van der Waals surface area contributed by atoms with Gasteiger partial charge in [0.05, 0.1) is 42.8 Å². The number of anilines is 1. The van der Waals surface area contributed by atoms with E-state index < -0.39 is 50.3 Å². The van der Waals surface area contributed by atoms with Crippen LogP contribution >= 0.6 is 0 Å². The Hall–Kier alpha value is -3.32. The van der Waals surface area contributed by atoms with Crippen molar-refractivity contribution in [1.29, 1.82) is 0 Å². The fourth-order valence-corrected chi connectivity index (χ4v) is 5.06. The number of aromatic amines is 1. The van der Waals surface area contributed by atoms with E-state index >= 15 is 0 Å². The second kappa shape index (κ2) is 10.4.